The fourth-order valence-corrected chi connectivity index (χ4v) is 1.84. The van der Waals surface area contributed by atoms with Crippen molar-refractivity contribution >= 4 is 22.7 Å². The molecule has 0 aliphatic carbocycles. The average Bonchev–Trinajstić information content (AvgIpc) is 2.72. The summed E-state index contributed by atoms with van der Waals surface area (Å²) in [7, 11) is 0. The predicted octanol–water partition coefficient (Wildman–Crippen LogP) is 2.44. The molecule has 0 atom stereocenters. The molecule has 0 saturated carbocycles. The van der Waals surface area contributed by atoms with Crippen molar-refractivity contribution in [1.82, 2.24) is 9.38 Å². The van der Waals surface area contributed by atoms with Crippen LogP contribution in [0.25, 0.3) is 16.4 Å². The SMILES string of the molecule is O=Cc1cn2ccc3cccc(F)c3c2n1. The Hall–Kier alpha value is -2.23. The molecule has 3 rings (SSSR count). The molecule has 16 heavy (non-hydrogen) atoms. The molecule has 78 valence electrons. The van der Waals surface area contributed by atoms with Gasteiger partial charge in [0.2, 0.25) is 0 Å². The largest absolute Gasteiger partial charge is 0.306 e. The number of benzene rings is 1. The predicted molar refractivity (Wildman–Crippen MR) is 58.0 cm³/mol. The zero-order chi connectivity index (χ0) is 11.1. The second kappa shape index (κ2) is 3.13. The summed E-state index contributed by atoms with van der Waals surface area (Å²) < 4.78 is 15.3. The van der Waals surface area contributed by atoms with Crippen LogP contribution in [0.15, 0.2) is 36.7 Å². The van der Waals surface area contributed by atoms with Gasteiger partial charge in [-0.25, -0.2) is 9.37 Å². The molecule has 3 nitrogen and oxygen atoms in total. The number of aromatic nitrogens is 2. The fourth-order valence-electron chi connectivity index (χ4n) is 1.84. The molecule has 0 spiro atoms. The van der Waals surface area contributed by atoms with Crippen molar-refractivity contribution in [3.63, 3.8) is 0 Å². The molecule has 0 aliphatic heterocycles. The van der Waals surface area contributed by atoms with Crippen molar-refractivity contribution in [2.45, 2.75) is 0 Å². The van der Waals surface area contributed by atoms with Gasteiger partial charge in [0.25, 0.3) is 0 Å². The summed E-state index contributed by atoms with van der Waals surface area (Å²) in [5.74, 6) is -0.328. The summed E-state index contributed by atoms with van der Waals surface area (Å²) in [6.07, 6.45) is 3.99. The summed E-state index contributed by atoms with van der Waals surface area (Å²) in [6.45, 7) is 0. The molecule has 2 heterocycles. The third kappa shape index (κ3) is 1.13. The first-order valence-corrected chi connectivity index (χ1v) is 4.81. The third-order valence-electron chi connectivity index (χ3n) is 2.56. The van der Waals surface area contributed by atoms with E-state index < -0.39 is 0 Å². The van der Waals surface area contributed by atoms with Crippen molar-refractivity contribution in [1.29, 1.82) is 0 Å². The highest BCUT2D eigenvalue weighted by molar-refractivity contribution is 5.95. The van der Waals surface area contributed by atoms with Crippen LogP contribution < -0.4 is 0 Å². The van der Waals surface area contributed by atoms with E-state index in [2.05, 4.69) is 4.98 Å². The van der Waals surface area contributed by atoms with E-state index in [1.807, 2.05) is 6.07 Å². The summed E-state index contributed by atoms with van der Waals surface area (Å²) >= 11 is 0. The molecule has 4 heteroatoms. The normalized spacial score (nSPS) is 11.1. The van der Waals surface area contributed by atoms with Gasteiger partial charge in [-0.05, 0) is 17.5 Å². The molecule has 0 fully saturated rings. The molecule has 0 saturated heterocycles. The summed E-state index contributed by atoms with van der Waals surface area (Å²) in [4.78, 5) is 14.7. The van der Waals surface area contributed by atoms with E-state index in [9.17, 15) is 9.18 Å². The van der Waals surface area contributed by atoms with Crippen LogP contribution in [0, 0.1) is 5.82 Å². The van der Waals surface area contributed by atoms with Gasteiger partial charge in [0.1, 0.15) is 17.2 Å². The second-order valence-electron chi connectivity index (χ2n) is 3.53. The van der Waals surface area contributed by atoms with E-state index in [1.54, 1.807) is 28.9 Å². The first-order valence-electron chi connectivity index (χ1n) is 4.81. The molecule has 3 aromatic rings. The maximum atomic E-state index is 13.7. The zero-order valence-corrected chi connectivity index (χ0v) is 8.22. The van der Waals surface area contributed by atoms with Crippen LogP contribution in [-0.2, 0) is 0 Å². The van der Waals surface area contributed by atoms with Gasteiger partial charge in [-0.3, -0.25) is 4.79 Å². The van der Waals surface area contributed by atoms with Crippen LogP contribution in [0.5, 0.6) is 0 Å². The molecule has 0 bridgehead atoms. The number of halogens is 1. The highest BCUT2D eigenvalue weighted by Crippen LogP contribution is 2.22. The number of pyridine rings is 1. The molecule has 0 unspecified atom stereocenters. The van der Waals surface area contributed by atoms with E-state index in [0.29, 0.717) is 23.0 Å². The van der Waals surface area contributed by atoms with Crippen LogP contribution in [-0.4, -0.2) is 15.7 Å². The molecular formula is C12H7FN2O. The monoisotopic (exact) mass is 214 g/mol. The fraction of sp³-hybridized carbons (Fsp3) is 0. The number of carbonyl (C=O) groups is 1. The maximum absolute atomic E-state index is 13.7. The number of aldehydes is 1. The van der Waals surface area contributed by atoms with Gasteiger partial charge in [-0.2, -0.15) is 0 Å². The van der Waals surface area contributed by atoms with Crippen molar-refractivity contribution in [2.75, 3.05) is 0 Å². The van der Waals surface area contributed by atoms with E-state index in [4.69, 9.17) is 0 Å². The number of nitrogens with zero attached hydrogens (tertiary/aromatic N) is 2. The molecule has 0 aliphatic rings. The standard InChI is InChI=1S/C12H7FN2O/c13-10-3-1-2-8-4-5-15-6-9(7-16)14-12(15)11(8)10/h1-7H. The highest BCUT2D eigenvalue weighted by Gasteiger charge is 2.08. The van der Waals surface area contributed by atoms with E-state index >= 15 is 0 Å². The number of hydrogen-bond acceptors (Lipinski definition) is 2. The number of fused-ring (bicyclic) bond motifs is 3. The Morgan fingerprint density at radius 1 is 1.31 bits per heavy atom. The number of carbonyl (C=O) groups excluding carboxylic acids is 1. The molecular weight excluding hydrogens is 207 g/mol. The summed E-state index contributed by atoms with van der Waals surface area (Å²) in [5.41, 5.74) is 0.772. The maximum Gasteiger partial charge on any atom is 0.170 e. The van der Waals surface area contributed by atoms with Gasteiger partial charge in [-0.15, -0.1) is 0 Å². The Kier molecular flexibility index (Phi) is 1.77. The van der Waals surface area contributed by atoms with E-state index in [1.165, 1.54) is 6.07 Å². The number of rotatable bonds is 1. The van der Waals surface area contributed by atoms with Crippen molar-refractivity contribution in [2.24, 2.45) is 0 Å². The number of hydrogen-bond donors (Lipinski definition) is 0. The lowest BCUT2D eigenvalue weighted by molar-refractivity contribution is 0.111. The quantitative estimate of drug-likeness (QED) is 0.583. The van der Waals surface area contributed by atoms with Gasteiger partial charge in [0, 0.05) is 12.4 Å². The Labute approximate surface area is 90.1 Å². The van der Waals surface area contributed by atoms with Gasteiger partial charge in [0.05, 0.1) is 5.39 Å². The van der Waals surface area contributed by atoms with Crippen LogP contribution >= 0.6 is 0 Å². The van der Waals surface area contributed by atoms with Gasteiger partial charge < -0.3 is 4.40 Å². The molecule has 0 radical (unpaired) electrons. The van der Waals surface area contributed by atoms with Crippen LogP contribution in [0.4, 0.5) is 4.39 Å². The van der Waals surface area contributed by atoms with Gasteiger partial charge in [0.15, 0.2) is 6.29 Å². The van der Waals surface area contributed by atoms with E-state index in [-0.39, 0.29) is 5.82 Å². The Morgan fingerprint density at radius 3 is 3.00 bits per heavy atom. The van der Waals surface area contributed by atoms with E-state index in [0.717, 1.165) is 5.39 Å². The van der Waals surface area contributed by atoms with Crippen LogP contribution in [0.1, 0.15) is 10.5 Å². The van der Waals surface area contributed by atoms with Crippen molar-refractivity contribution in [3.05, 3.63) is 48.2 Å². The summed E-state index contributed by atoms with van der Waals surface area (Å²) in [5, 5.41) is 1.22. The minimum absolute atomic E-state index is 0.302. The molecule has 0 amide bonds. The van der Waals surface area contributed by atoms with Crippen molar-refractivity contribution < 1.29 is 9.18 Å². The molecule has 0 N–H and O–H groups in total. The number of imidazole rings is 1. The molecule has 1 aromatic carbocycles. The molecule has 2 aromatic heterocycles. The third-order valence-corrected chi connectivity index (χ3v) is 2.56. The summed E-state index contributed by atoms with van der Waals surface area (Å²) in [6, 6.07) is 6.64. The van der Waals surface area contributed by atoms with Gasteiger partial charge >= 0.3 is 0 Å². The lowest BCUT2D eigenvalue weighted by Gasteiger charge is -2.00. The Balaban J connectivity index is 2.56. The first kappa shape index (κ1) is 9.03. The lowest BCUT2D eigenvalue weighted by atomic mass is 10.1. The highest BCUT2D eigenvalue weighted by atomic mass is 19.1. The smallest absolute Gasteiger partial charge is 0.170 e. The second-order valence-corrected chi connectivity index (χ2v) is 3.53. The zero-order valence-electron chi connectivity index (χ0n) is 8.22. The minimum atomic E-state index is -0.328. The average molecular weight is 214 g/mol. The minimum Gasteiger partial charge on any atom is -0.306 e. The Morgan fingerprint density at radius 2 is 2.19 bits per heavy atom. The van der Waals surface area contributed by atoms with Crippen LogP contribution in [0.2, 0.25) is 0 Å². The van der Waals surface area contributed by atoms with Gasteiger partial charge in [-0.1, -0.05) is 12.1 Å². The first-order chi connectivity index (χ1) is 7.79. The Bertz CT molecular complexity index is 703. The van der Waals surface area contributed by atoms with Crippen LogP contribution in [0.3, 0.4) is 0 Å². The van der Waals surface area contributed by atoms with Crippen molar-refractivity contribution in [3.8, 4) is 0 Å². The lowest BCUT2D eigenvalue weighted by Crippen LogP contribution is -1.87. The topological polar surface area (TPSA) is 34.4 Å².